The molecule has 2 aromatic carbocycles. The van der Waals surface area contributed by atoms with Crippen molar-refractivity contribution in [3.8, 4) is 11.5 Å². The van der Waals surface area contributed by atoms with Gasteiger partial charge in [0.15, 0.2) is 12.4 Å². The standard InChI is InChI=1S/C21H21NO4/c1-3-12-22-13-11-17-18(21(22)24)5-4-6-20(17)26-14-19(23)15-7-9-16(25-2)10-8-15/h4-11,13H,3,12,14H2,1-2H3. The number of hydrogen-bond donors (Lipinski definition) is 0. The van der Waals surface area contributed by atoms with Crippen molar-refractivity contribution in [3.63, 3.8) is 0 Å². The van der Waals surface area contributed by atoms with Crippen LogP contribution in [-0.2, 0) is 6.54 Å². The van der Waals surface area contributed by atoms with E-state index in [-0.39, 0.29) is 17.9 Å². The third kappa shape index (κ3) is 3.61. The lowest BCUT2D eigenvalue weighted by atomic mass is 10.1. The maximum absolute atomic E-state index is 12.5. The first-order valence-electron chi connectivity index (χ1n) is 8.56. The van der Waals surface area contributed by atoms with Crippen molar-refractivity contribution in [2.24, 2.45) is 0 Å². The van der Waals surface area contributed by atoms with Crippen LogP contribution in [0.15, 0.2) is 59.5 Å². The van der Waals surface area contributed by atoms with Crippen LogP contribution in [-0.4, -0.2) is 24.1 Å². The highest BCUT2D eigenvalue weighted by Crippen LogP contribution is 2.23. The molecule has 0 spiro atoms. The summed E-state index contributed by atoms with van der Waals surface area (Å²) in [7, 11) is 1.58. The first-order chi connectivity index (χ1) is 12.6. The number of rotatable bonds is 7. The van der Waals surface area contributed by atoms with E-state index in [0.29, 0.717) is 34.4 Å². The number of benzene rings is 2. The number of Topliss-reactive ketones (excluding diaryl/α,β-unsaturated/α-hetero) is 1. The van der Waals surface area contributed by atoms with Crippen LogP contribution in [0, 0.1) is 0 Å². The molecule has 26 heavy (non-hydrogen) atoms. The normalized spacial score (nSPS) is 10.7. The Bertz CT molecular complexity index is 973. The number of methoxy groups -OCH3 is 1. The van der Waals surface area contributed by atoms with E-state index in [9.17, 15) is 9.59 Å². The summed E-state index contributed by atoms with van der Waals surface area (Å²) < 4.78 is 12.5. The molecule has 0 radical (unpaired) electrons. The van der Waals surface area contributed by atoms with Crippen molar-refractivity contribution in [1.29, 1.82) is 0 Å². The minimum Gasteiger partial charge on any atom is -0.497 e. The van der Waals surface area contributed by atoms with Gasteiger partial charge in [-0.3, -0.25) is 9.59 Å². The van der Waals surface area contributed by atoms with Crippen LogP contribution in [0.5, 0.6) is 11.5 Å². The average molecular weight is 351 g/mol. The molecule has 0 atom stereocenters. The van der Waals surface area contributed by atoms with Crippen LogP contribution in [0.3, 0.4) is 0 Å². The summed E-state index contributed by atoms with van der Waals surface area (Å²) in [5.74, 6) is 1.09. The second kappa shape index (κ2) is 7.87. The third-order valence-electron chi connectivity index (χ3n) is 4.21. The van der Waals surface area contributed by atoms with Crippen LogP contribution in [0.4, 0.5) is 0 Å². The van der Waals surface area contributed by atoms with Gasteiger partial charge >= 0.3 is 0 Å². The van der Waals surface area contributed by atoms with Gasteiger partial charge in [0.2, 0.25) is 0 Å². The van der Waals surface area contributed by atoms with Crippen molar-refractivity contribution in [3.05, 3.63) is 70.6 Å². The second-order valence-electron chi connectivity index (χ2n) is 5.97. The Balaban J connectivity index is 1.81. The van der Waals surface area contributed by atoms with Crippen LogP contribution >= 0.6 is 0 Å². The monoisotopic (exact) mass is 351 g/mol. The van der Waals surface area contributed by atoms with Crippen molar-refractivity contribution in [2.45, 2.75) is 19.9 Å². The van der Waals surface area contributed by atoms with Crippen LogP contribution < -0.4 is 15.0 Å². The topological polar surface area (TPSA) is 57.5 Å². The van der Waals surface area contributed by atoms with E-state index in [2.05, 4.69) is 0 Å². The summed E-state index contributed by atoms with van der Waals surface area (Å²) in [5.41, 5.74) is 0.507. The van der Waals surface area contributed by atoms with E-state index in [1.807, 2.05) is 13.0 Å². The fourth-order valence-electron chi connectivity index (χ4n) is 2.84. The Morgan fingerprint density at radius 3 is 2.50 bits per heavy atom. The van der Waals surface area contributed by atoms with Gasteiger partial charge in [-0.2, -0.15) is 0 Å². The molecule has 5 heteroatoms. The molecule has 3 rings (SSSR count). The van der Waals surface area contributed by atoms with E-state index in [1.165, 1.54) is 0 Å². The Labute approximate surface area is 151 Å². The molecule has 0 bridgehead atoms. The van der Waals surface area contributed by atoms with E-state index >= 15 is 0 Å². The summed E-state index contributed by atoms with van der Waals surface area (Å²) in [6.07, 6.45) is 2.66. The minimum absolute atomic E-state index is 0.0451. The van der Waals surface area contributed by atoms with Gasteiger partial charge in [-0.25, -0.2) is 0 Å². The first kappa shape index (κ1) is 17.7. The fourth-order valence-corrected chi connectivity index (χ4v) is 2.84. The molecule has 0 aliphatic carbocycles. The van der Waals surface area contributed by atoms with E-state index in [0.717, 1.165) is 6.42 Å². The molecule has 5 nitrogen and oxygen atoms in total. The third-order valence-corrected chi connectivity index (χ3v) is 4.21. The van der Waals surface area contributed by atoms with E-state index in [1.54, 1.807) is 60.3 Å². The van der Waals surface area contributed by atoms with Crippen LogP contribution in [0.1, 0.15) is 23.7 Å². The number of carbonyl (C=O) groups excluding carboxylic acids is 1. The van der Waals surface area contributed by atoms with Crippen LogP contribution in [0.25, 0.3) is 10.8 Å². The highest BCUT2D eigenvalue weighted by molar-refractivity contribution is 5.97. The molecule has 0 aliphatic heterocycles. The molecule has 134 valence electrons. The maximum atomic E-state index is 12.5. The van der Waals surface area contributed by atoms with E-state index in [4.69, 9.17) is 9.47 Å². The Morgan fingerprint density at radius 2 is 1.81 bits per heavy atom. The molecular formula is C21H21NO4. The zero-order chi connectivity index (χ0) is 18.5. The summed E-state index contributed by atoms with van der Waals surface area (Å²) >= 11 is 0. The van der Waals surface area contributed by atoms with Crippen molar-refractivity contribution in [1.82, 2.24) is 4.57 Å². The molecule has 0 aliphatic rings. The fraction of sp³-hybridized carbons (Fsp3) is 0.238. The number of hydrogen-bond acceptors (Lipinski definition) is 4. The molecule has 1 aromatic heterocycles. The number of pyridine rings is 1. The zero-order valence-electron chi connectivity index (χ0n) is 14.9. The number of fused-ring (bicyclic) bond motifs is 1. The predicted octanol–water partition coefficient (Wildman–Crippen LogP) is 3.68. The number of ether oxygens (including phenoxy) is 2. The summed E-state index contributed by atoms with van der Waals surface area (Å²) in [4.78, 5) is 24.8. The molecule has 0 saturated heterocycles. The van der Waals surface area contributed by atoms with Gasteiger partial charge in [0, 0.05) is 23.7 Å². The van der Waals surface area contributed by atoms with Gasteiger partial charge in [0.25, 0.3) is 5.56 Å². The Hall–Kier alpha value is -3.08. The van der Waals surface area contributed by atoms with Crippen molar-refractivity contribution in [2.75, 3.05) is 13.7 Å². The lowest BCUT2D eigenvalue weighted by molar-refractivity contribution is 0.0922. The highest BCUT2D eigenvalue weighted by atomic mass is 16.5. The lowest BCUT2D eigenvalue weighted by Crippen LogP contribution is -2.19. The maximum Gasteiger partial charge on any atom is 0.258 e. The lowest BCUT2D eigenvalue weighted by Gasteiger charge is -2.11. The van der Waals surface area contributed by atoms with Crippen molar-refractivity contribution < 1.29 is 14.3 Å². The number of ketones is 1. The van der Waals surface area contributed by atoms with E-state index < -0.39 is 0 Å². The Kier molecular flexibility index (Phi) is 5.37. The summed E-state index contributed by atoms with van der Waals surface area (Å²) in [6.45, 7) is 2.61. The Morgan fingerprint density at radius 1 is 1.04 bits per heavy atom. The minimum atomic E-state index is -0.135. The van der Waals surface area contributed by atoms with Gasteiger partial charge in [-0.15, -0.1) is 0 Å². The predicted molar refractivity (Wildman–Crippen MR) is 101 cm³/mol. The van der Waals surface area contributed by atoms with Gasteiger partial charge in [0.05, 0.1) is 12.5 Å². The molecule has 1 heterocycles. The molecule has 0 N–H and O–H groups in total. The van der Waals surface area contributed by atoms with Gasteiger partial charge in [0.1, 0.15) is 11.5 Å². The van der Waals surface area contributed by atoms with Crippen LogP contribution in [0.2, 0.25) is 0 Å². The summed E-state index contributed by atoms with van der Waals surface area (Å²) in [6, 6.07) is 14.1. The average Bonchev–Trinajstić information content (AvgIpc) is 2.68. The quantitative estimate of drug-likeness (QED) is 0.609. The molecule has 0 fully saturated rings. The highest BCUT2D eigenvalue weighted by Gasteiger charge is 2.11. The molecular weight excluding hydrogens is 330 g/mol. The zero-order valence-corrected chi connectivity index (χ0v) is 14.9. The second-order valence-corrected chi connectivity index (χ2v) is 5.97. The molecule has 0 amide bonds. The SMILES string of the molecule is CCCn1ccc2c(OCC(=O)c3ccc(OC)cc3)cccc2c1=O. The summed E-state index contributed by atoms with van der Waals surface area (Å²) in [5, 5.41) is 1.31. The largest absolute Gasteiger partial charge is 0.497 e. The van der Waals surface area contributed by atoms with Gasteiger partial charge in [-0.05, 0) is 48.9 Å². The van der Waals surface area contributed by atoms with Gasteiger partial charge in [-0.1, -0.05) is 13.0 Å². The number of nitrogens with zero attached hydrogens (tertiary/aromatic N) is 1. The van der Waals surface area contributed by atoms with Crippen molar-refractivity contribution >= 4 is 16.6 Å². The van der Waals surface area contributed by atoms with Gasteiger partial charge < -0.3 is 14.0 Å². The number of carbonyl (C=O) groups is 1. The number of aryl methyl sites for hydroxylation is 1. The smallest absolute Gasteiger partial charge is 0.258 e. The first-order valence-corrected chi connectivity index (χ1v) is 8.56. The molecule has 0 saturated carbocycles. The number of aromatic nitrogens is 1. The molecule has 0 unspecified atom stereocenters. The molecule has 3 aromatic rings.